The number of likely N-dealkylation sites (N-methyl/N-ethyl adjacent to an activating group) is 1. The number of carbonyl (C=O) groups excluding carboxylic acids is 1. The topological polar surface area (TPSA) is 41.6 Å². The Labute approximate surface area is 158 Å². The second kappa shape index (κ2) is 9.02. The lowest BCUT2D eigenvalue weighted by molar-refractivity contribution is -0.117. The van der Waals surface area contributed by atoms with Gasteiger partial charge in [0.1, 0.15) is 12.4 Å². The van der Waals surface area contributed by atoms with E-state index in [0.717, 1.165) is 27.0 Å². The Morgan fingerprint density at radius 1 is 1.16 bits per heavy atom. The van der Waals surface area contributed by atoms with Gasteiger partial charge < -0.3 is 10.1 Å². The lowest BCUT2D eigenvalue weighted by atomic mass is 10.1. The van der Waals surface area contributed by atoms with E-state index in [4.69, 9.17) is 4.74 Å². The van der Waals surface area contributed by atoms with Crippen LogP contribution in [0.25, 0.3) is 0 Å². The third kappa shape index (κ3) is 6.18. The molecule has 0 bridgehead atoms. The van der Waals surface area contributed by atoms with Crippen LogP contribution in [0.4, 0.5) is 5.69 Å². The zero-order valence-corrected chi connectivity index (χ0v) is 16.8. The van der Waals surface area contributed by atoms with E-state index in [1.54, 1.807) is 0 Å². The molecule has 0 fully saturated rings. The summed E-state index contributed by atoms with van der Waals surface area (Å²) in [5.74, 6) is 0.804. The van der Waals surface area contributed by atoms with Gasteiger partial charge in [-0.2, -0.15) is 0 Å². The van der Waals surface area contributed by atoms with Crippen molar-refractivity contribution in [2.45, 2.75) is 20.8 Å². The molecule has 0 heterocycles. The molecule has 0 aliphatic rings. The van der Waals surface area contributed by atoms with Gasteiger partial charge in [-0.15, -0.1) is 0 Å². The average Bonchev–Trinajstić information content (AvgIpc) is 2.51. The highest BCUT2D eigenvalue weighted by atomic mass is 79.9. The summed E-state index contributed by atoms with van der Waals surface area (Å²) in [7, 11) is 1.92. The Hall–Kier alpha value is -1.85. The summed E-state index contributed by atoms with van der Waals surface area (Å²) in [4.78, 5) is 14.2. The molecule has 2 aromatic carbocycles. The molecule has 2 aromatic rings. The fourth-order valence-corrected chi connectivity index (χ4v) is 3.13. The molecule has 4 nitrogen and oxygen atoms in total. The van der Waals surface area contributed by atoms with Gasteiger partial charge in [-0.25, -0.2) is 0 Å². The van der Waals surface area contributed by atoms with Crippen LogP contribution >= 0.6 is 15.9 Å². The first-order valence-electron chi connectivity index (χ1n) is 8.30. The summed E-state index contributed by atoms with van der Waals surface area (Å²) in [6.07, 6.45) is 0. The Bertz CT molecular complexity index is 723. The van der Waals surface area contributed by atoms with Crippen LogP contribution in [0.5, 0.6) is 5.75 Å². The molecular formula is C20H25BrN2O2. The highest BCUT2D eigenvalue weighted by molar-refractivity contribution is 9.10. The zero-order valence-electron chi connectivity index (χ0n) is 15.2. The minimum Gasteiger partial charge on any atom is -0.492 e. The van der Waals surface area contributed by atoms with E-state index < -0.39 is 0 Å². The van der Waals surface area contributed by atoms with Crippen molar-refractivity contribution in [2.24, 2.45) is 0 Å². The molecule has 0 radical (unpaired) electrons. The molecule has 0 saturated heterocycles. The standard InChI is InChI=1S/C20H25BrN2O2/c1-14-10-15(2)20(16(3)11-14)22-19(24)13-23(4)8-9-25-18-7-5-6-17(21)12-18/h5-7,10-12H,8-9,13H2,1-4H3,(H,22,24). The first-order chi connectivity index (χ1) is 11.8. The molecule has 0 atom stereocenters. The number of anilines is 1. The normalized spacial score (nSPS) is 10.8. The summed E-state index contributed by atoms with van der Waals surface area (Å²) in [5.41, 5.74) is 4.29. The maximum Gasteiger partial charge on any atom is 0.238 e. The van der Waals surface area contributed by atoms with Crippen molar-refractivity contribution in [1.82, 2.24) is 4.90 Å². The summed E-state index contributed by atoms with van der Waals surface area (Å²) in [5, 5.41) is 3.02. The minimum atomic E-state index is -0.0139. The van der Waals surface area contributed by atoms with E-state index in [9.17, 15) is 4.79 Å². The molecule has 25 heavy (non-hydrogen) atoms. The van der Waals surface area contributed by atoms with Crippen LogP contribution in [0.3, 0.4) is 0 Å². The van der Waals surface area contributed by atoms with Crippen LogP contribution in [0.15, 0.2) is 40.9 Å². The van der Waals surface area contributed by atoms with E-state index >= 15 is 0 Å². The van der Waals surface area contributed by atoms with Crippen LogP contribution in [-0.4, -0.2) is 37.6 Å². The third-order valence-electron chi connectivity index (χ3n) is 3.89. The number of benzene rings is 2. The number of hydrogen-bond donors (Lipinski definition) is 1. The Kier molecular flexibility index (Phi) is 7.02. The van der Waals surface area contributed by atoms with Crippen molar-refractivity contribution in [3.63, 3.8) is 0 Å². The lowest BCUT2D eigenvalue weighted by Crippen LogP contribution is -2.33. The maximum absolute atomic E-state index is 12.3. The van der Waals surface area contributed by atoms with E-state index in [1.807, 2.05) is 50.1 Å². The predicted molar refractivity (Wildman–Crippen MR) is 106 cm³/mol. The molecule has 0 saturated carbocycles. The van der Waals surface area contributed by atoms with Crippen LogP contribution in [0, 0.1) is 20.8 Å². The van der Waals surface area contributed by atoms with Crippen molar-refractivity contribution >= 4 is 27.5 Å². The zero-order chi connectivity index (χ0) is 18.4. The largest absolute Gasteiger partial charge is 0.492 e. The van der Waals surface area contributed by atoms with Crippen molar-refractivity contribution in [3.05, 3.63) is 57.6 Å². The lowest BCUT2D eigenvalue weighted by Gasteiger charge is -2.18. The number of carbonyl (C=O) groups is 1. The fraction of sp³-hybridized carbons (Fsp3) is 0.350. The van der Waals surface area contributed by atoms with Crippen molar-refractivity contribution in [3.8, 4) is 5.75 Å². The molecule has 0 aliphatic heterocycles. The summed E-state index contributed by atoms with van der Waals surface area (Å²) in [6, 6.07) is 11.9. The quantitative estimate of drug-likeness (QED) is 0.746. The molecule has 0 unspecified atom stereocenters. The van der Waals surface area contributed by atoms with E-state index in [1.165, 1.54) is 5.56 Å². The van der Waals surface area contributed by atoms with Crippen LogP contribution in [-0.2, 0) is 4.79 Å². The number of ether oxygens (including phenoxy) is 1. The Morgan fingerprint density at radius 3 is 2.48 bits per heavy atom. The summed E-state index contributed by atoms with van der Waals surface area (Å²) in [6.45, 7) is 7.63. The van der Waals surface area contributed by atoms with E-state index in [-0.39, 0.29) is 5.91 Å². The molecule has 1 amide bonds. The molecule has 2 rings (SSSR count). The van der Waals surface area contributed by atoms with Gasteiger partial charge in [-0.3, -0.25) is 9.69 Å². The SMILES string of the molecule is Cc1cc(C)c(NC(=O)CN(C)CCOc2cccc(Br)c2)c(C)c1. The average molecular weight is 405 g/mol. The number of aryl methyl sites for hydroxylation is 3. The number of hydrogen-bond acceptors (Lipinski definition) is 3. The van der Waals surface area contributed by atoms with E-state index in [0.29, 0.717) is 19.7 Å². The summed E-state index contributed by atoms with van der Waals surface area (Å²) >= 11 is 3.42. The fourth-order valence-electron chi connectivity index (χ4n) is 2.76. The highest BCUT2D eigenvalue weighted by Gasteiger charge is 2.10. The molecule has 134 valence electrons. The van der Waals surface area contributed by atoms with Crippen molar-refractivity contribution in [2.75, 3.05) is 32.1 Å². The van der Waals surface area contributed by atoms with Gasteiger partial charge in [0.25, 0.3) is 0 Å². The molecule has 0 aliphatic carbocycles. The highest BCUT2D eigenvalue weighted by Crippen LogP contribution is 2.22. The number of nitrogens with zero attached hydrogens (tertiary/aromatic N) is 1. The van der Waals surface area contributed by atoms with Crippen LogP contribution in [0.2, 0.25) is 0 Å². The number of amides is 1. The van der Waals surface area contributed by atoms with Crippen LogP contribution < -0.4 is 10.1 Å². The summed E-state index contributed by atoms with van der Waals surface area (Å²) < 4.78 is 6.69. The molecular weight excluding hydrogens is 380 g/mol. The smallest absolute Gasteiger partial charge is 0.238 e. The van der Waals surface area contributed by atoms with Gasteiger partial charge in [-0.05, 0) is 57.1 Å². The molecule has 0 aromatic heterocycles. The monoisotopic (exact) mass is 404 g/mol. The predicted octanol–water partition coefficient (Wildman–Crippen LogP) is 4.32. The van der Waals surface area contributed by atoms with Crippen molar-refractivity contribution < 1.29 is 9.53 Å². The van der Waals surface area contributed by atoms with Gasteiger partial charge >= 0.3 is 0 Å². The van der Waals surface area contributed by atoms with Gasteiger partial charge in [0.2, 0.25) is 5.91 Å². The molecule has 5 heteroatoms. The first-order valence-corrected chi connectivity index (χ1v) is 9.09. The van der Waals surface area contributed by atoms with Gasteiger partial charge in [-0.1, -0.05) is 39.7 Å². The number of nitrogens with one attached hydrogen (secondary N) is 1. The van der Waals surface area contributed by atoms with Gasteiger partial charge in [0.05, 0.1) is 6.54 Å². The minimum absolute atomic E-state index is 0.0139. The maximum atomic E-state index is 12.3. The molecule has 1 N–H and O–H groups in total. The Morgan fingerprint density at radius 2 is 1.84 bits per heavy atom. The number of halogens is 1. The Balaban J connectivity index is 1.80. The van der Waals surface area contributed by atoms with Crippen molar-refractivity contribution in [1.29, 1.82) is 0 Å². The van der Waals surface area contributed by atoms with E-state index in [2.05, 4.69) is 40.3 Å². The van der Waals surface area contributed by atoms with Gasteiger partial charge in [0.15, 0.2) is 0 Å². The second-order valence-corrected chi connectivity index (χ2v) is 7.28. The first kappa shape index (κ1) is 19.5. The molecule has 0 spiro atoms. The second-order valence-electron chi connectivity index (χ2n) is 6.37. The van der Waals surface area contributed by atoms with Gasteiger partial charge in [0, 0.05) is 16.7 Å². The third-order valence-corrected chi connectivity index (χ3v) is 4.39. The van der Waals surface area contributed by atoms with Crippen LogP contribution in [0.1, 0.15) is 16.7 Å². The number of rotatable bonds is 7.